The van der Waals surface area contributed by atoms with Crippen LogP contribution in [-0.4, -0.2) is 39.8 Å². The van der Waals surface area contributed by atoms with Crippen LogP contribution in [0.4, 0.5) is 10.5 Å². The van der Waals surface area contributed by atoms with Gasteiger partial charge < -0.3 is 13.9 Å². The van der Waals surface area contributed by atoms with Crippen LogP contribution in [0.1, 0.15) is 27.2 Å². The molecule has 2 heterocycles. The van der Waals surface area contributed by atoms with Crippen molar-refractivity contribution in [1.82, 2.24) is 0 Å². The van der Waals surface area contributed by atoms with E-state index in [1.54, 1.807) is 4.90 Å². The van der Waals surface area contributed by atoms with Gasteiger partial charge in [-0.05, 0) is 36.3 Å². The fraction of sp³-hybridized carbons (Fsp3) is 0.611. The van der Waals surface area contributed by atoms with Crippen LogP contribution in [0.3, 0.4) is 0 Å². The third kappa shape index (κ3) is 3.59. The Kier molecular flexibility index (Phi) is 4.94. The number of hydrogen-bond acceptors (Lipinski definition) is 4. The molecule has 1 fully saturated rings. The number of halogens is 1. The lowest BCUT2D eigenvalue weighted by Crippen LogP contribution is -2.45. The average molecular weight is 428 g/mol. The number of carbonyl (C=O) groups excluding carboxylic acids is 1. The van der Waals surface area contributed by atoms with Crippen molar-refractivity contribution in [1.29, 1.82) is 0 Å². The maximum Gasteiger partial charge on any atom is 0.415 e. The molecule has 0 unspecified atom stereocenters. The Morgan fingerprint density at radius 3 is 2.76 bits per heavy atom. The second-order valence-corrected chi connectivity index (χ2v) is 13.9. The van der Waals surface area contributed by atoms with Crippen LogP contribution < -0.4 is 9.64 Å². The highest BCUT2D eigenvalue weighted by molar-refractivity contribution is 9.10. The quantitative estimate of drug-likeness (QED) is 0.640. The van der Waals surface area contributed by atoms with E-state index in [1.807, 2.05) is 18.2 Å². The SMILES string of the molecule is CC(C)(C)[Si](C)(C)OC[C@@H]1OC(=O)N2c3ccc(Br)cc3OCC[C@@H]12. The van der Waals surface area contributed by atoms with Gasteiger partial charge in [-0.1, -0.05) is 36.7 Å². The molecule has 25 heavy (non-hydrogen) atoms. The number of carbonyl (C=O) groups is 1. The van der Waals surface area contributed by atoms with E-state index in [9.17, 15) is 4.79 Å². The topological polar surface area (TPSA) is 48.0 Å². The van der Waals surface area contributed by atoms with Crippen molar-refractivity contribution < 1.29 is 18.7 Å². The second kappa shape index (κ2) is 6.59. The molecule has 2 atom stereocenters. The maximum absolute atomic E-state index is 12.5. The molecular formula is C18H26BrNO4Si. The molecule has 5 nitrogen and oxygen atoms in total. The monoisotopic (exact) mass is 427 g/mol. The molecule has 2 aliphatic heterocycles. The fourth-order valence-corrected chi connectivity index (χ4v) is 4.26. The first kappa shape index (κ1) is 18.7. The summed E-state index contributed by atoms with van der Waals surface area (Å²) in [6.45, 7) is 12.0. The van der Waals surface area contributed by atoms with Crippen LogP contribution in [0.25, 0.3) is 0 Å². The molecular weight excluding hydrogens is 402 g/mol. The lowest BCUT2D eigenvalue weighted by molar-refractivity contribution is 0.0829. The zero-order valence-corrected chi connectivity index (χ0v) is 18.1. The molecule has 1 saturated heterocycles. The van der Waals surface area contributed by atoms with Crippen LogP contribution in [-0.2, 0) is 9.16 Å². The summed E-state index contributed by atoms with van der Waals surface area (Å²) in [4.78, 5) is 14.3. The molecule has 1 aromatic carbocycles. The van der Waals surface area contributed by atoms with Crippen molar-refractivity contribution >= 4 is 36.0 Å². The first-order chi connectivity index (χ1) is 11.6. The number of ether oxygens (including phenoxy) is 2. The summed E-state index contributed by atoms with van der Waals surface area (Å²) in [5.74, 6) is 0.708. The highest BCUT2D eigenvalue weighted by Crippen LogP contribution is 2.41. The Morgan fingerprint density at radius 2 is 2.08 bits per heavy atom. The van der Waals surface area contributed by atoms with Gasteiger partial charge in [0.15, 0.2) is 8.32 Å². The van der Waals surface area contributed by atoms with Crippen LogP contribution >= 0.6 is 15.9 Å². The number of benzene rings is 1. The fourth-order valence-electron chi connectivity index (χ4n) is 2.90. The van der Waals surface area contributed by atoms with E-state index in [0.717, 1.165) is 16.6 Å². The van der Waals surface area contributed by atoms with Gasteiger partial charge >= 0.3 is 6.09 Å². The molecule has 0 spiro atoms. The highest BCUT2D eigenvalue weighted by atomic mass is 79.9. The van der Waals surface area contributed by atoms with Crippen molar-refractivity contribution in [3.8, 4) is 5.75 Å². The smallest absolute Gasteiger partial charge is 0.415 e. The van der Waals surface area contributed by atoms with E-state index in [0.29, 0.717) is 19.0 Å². The largest absolute Gasteiger partial charge is 0.491 e. The number of rotatable bonds is 3. The van der Waals surface area contributed by atoms with Gasteiger partial charge in [-0.2, -0.15) is 0 Å². The lowest BCUT2D eigenvalue weighted by atomic mass is 10.1. The molecule has 2 aliphatic rings. The molecule has 0 radical (unpaired) electrons. The first-order valence-electron chi connectivity index (χ1n) is 8.66. The summed E-state index contributed by atoms with van der Waals surface area (Å²) >= 11 is 3.45. The van der Waals surface area contributed by atoms with Gasteiger partial charge in [-0.15, -0.1) is 0 Å². The zero-order chi connectivity index (χ0) is 18.4. The zero-order valence-electron chi connectivity index (χ0n) is 15.5. The van der Waals surface area contributed by atoms with Crippen LogP contribution in [0.15, 0.2) is 22.7 Å². The summed E-state index contributed by atoms with van der Waals surface area (Å²) < 4.78 is 18.8. The predicted molar refractivity (Wildman–Crippen MR) is 104 cm³/mol. The molecule has 3 rings (SSSR count). The third-order valence-corrected chi connectivity index (χ3v) is 10.5. The van der Waals surface area contributed by atoms with Gasteiger partial charge in [0.05, 0.1) is 24.9 Å². The Balaban J connectivity index is 1.80. The van der Waals surface area contributed by atoms with Gasteiger partial charge in [-0.25, -0.2) is 4.79 Å². The number of fused-ring (bicyclic) bond motifs is 3. The van der Waals surface area contributed by atoms with Crippen LogP contribution in [0, 0.1) is 0 Å². The number of cyclic esters (lactones) is 1. The van der Waals surface area contributed by atoms with Crippen LogP contribution in [0.2, 0.25) is 18.1 Å². The van der Waals surface area contributed by atoms with Crippen molar-refractivity contribution in [2.45, 2.75) is 57.5 Å². The molecule has 0 saturated carbocycles. The number of anilines is 1. The van der Waals surface area contributed by atoms with E-state index in [-0.39, 0.29) is 23.3 Å². The van der Waals surface area contributed by atoms with E-state index < -0.39 is 8.32 Å². The lowest BCUT2D eigenvalue weighted by Gasteiger charge is -2.37. The molecule has 1 amide bonds. The van der Waals surface area contributed by atoms with Gasteiger partial charge in [0.2, 0.25) is 0 Å². The predicted octanol–water partition coefficient (Wildman–Crippen LogP) is 4.95. The van der Waals surface area contributed by atoms with Crippen molar-refractivity contribution in [2.75, 3.05) is 18.1 Å². The Hall–Kier alpha value is -1.05. The molecule has 7 heteroatoms. The highest BCUT2D eigenvalue weighted by Gasteiger charge is 2.46. The minimum atomic E-state index is -1.89. The Bertz CT molecular complexity index is 674. The normalized spacial score (nSPS) is 23.4. The summed E-state index contributed by atoms with van der Waals surface area (Å²) in [5, 5.41) is 0.126. The summed E-state index contributed by atoms with van der Waals surface area (Å²) in [6, 6.07) is 5.65. The van der Waals surface area contributed by atoms with Gasteiger partial charge in [0.1, 0.15) is 11.9 Å². The Labute approximate surface area is 158 Å². The molecule has 0 N–H and O–H groups in total. The van der Waals surface area contributed by atoms with Crippen molar-refractivity contribution in [3.63, 3.8) is 0 Å². The number of hydrogen-bond donors (Lipinski definition) is 0. The molecule has 0 aromatic heterocycles. The van der Waals surface area contributed by atoms with Gasteiger partial charge in [-0.3, -0.25) is 4.90 Å². The van der Waals surface area contributed by atoms with Gasteiger partial charge in [0, 0.05) is 10.9 Å². The molecule has 0 bridgehead atoms. The average Bonchev–Trinajstić information content (AvgIpc) is 2.69. The Morgan fingerprint density at radius 1 is 1.36 bits per heavy atom. The summed E-state index contributed by atoms with van der Waals surface area (Å²) in [7, 11) is -1.89. The second-order valence-electron chi connectivity index (χ2n) is 8.18. The summed E-state index contributed by atoms with van der Waals surface area (Å²) in [6.07, 6.45) is 0.145. The van der Waals surface area contributed by atoms with Crippen molar-refractivity contribution in [3.05, 3.63) is 22.7 Å². The molecule has 1 aromatic rings. The summed E-state index contributed by atoms with van der Waals surface area (Å²) in [5.41, 5.74) is 0.769. The minimum Gasteiger partial charge on any atom is -0.491 e. The van der Waals surface area contributed by atoms with Gasteiger partial charge in [0.25, 0.3) is 0 Å². The van der Waals surface area contributed by atoms with Crippen molar-refractivity contribution in [2.24, 2.45) is 0 Å². The number of amides is 1. The minimum absolute atomic E-state index is 0.0558. The first-order valence-corrected chi connectivity index (χ1v) is 12.4. The van der Waals surface area contributed by atoms with E-state index >= 15 is 0 Å². The van der Waals surface area contributed by atoms with E-state index in [2.05, 4.69) is 49.8 Å². The van der Waals surface area contributed by atoms with E-state index in [1.165, 1.54) is 0 Å². The number of nitrogens with zero attached hydrogens (tertiary/aromatic N) is 1. The standard InChI is InChI=1S/C18H26BrNO4Si/c1-18(2,3)25(4,5)23-11-16-14-8-9-22-15-10-12(19)6-7-13(15)20(14)17(21)24-16/h6-7,10,14,16H,8-9,11H2,1-5H3/t14-,16-/m0/s1. The molecule has 138 valence electrons. The third-order valence-electron chi connectivity index (χ3n) is 5.48. The molecule has 0 aliphatic carbocycles. The van der Waals surface area contributed by atoms with E-state index in [4.69, 9.17) is 13.9 Å². The van der Waals surface area contributed by atoms with Crippen LogP contribution in [0.5, 0.6) is 5.75 Å². The maximum atomic E-state index is 12.5.